The Morgan fingerprint density at radius 2 is 2.17 bits per heavy atom. The number of aliphatic hydroxyl groups excluding tert-OH is 3. The topological polar surface area (TPSA) is 125 Å². The number of hydrazine groups is 1. The SMILES string of the molecule is NNO[C@@H](C=O)[C@H](O)[C@H](O)CO. The van der Waals surface area contributed by atoms with E-state index in [4.69, 9.17) is 21.2 Å². The van der Waals surface area contributed by atoms with Crippen molar-refractivity contribution < 1.29 is 25.0 Å². The van der Waals surface area contributed by atoms with Crippen LogP contribution in [-0.2, 0) is 9.63 Å². The van der Waals surface area contributed by atoms with Crippen molar-refractivity contribution in [1.82, 2.24) is 5.59 Å². The fraction of sp³-hybridized carbons (Fsp3) is 0.800. The molecular formula is C5H12N2O5. The molecule has 0 heterocycles. The molecule has 0 fully saturated rings. The Hall–Kier alpha value is -0.570. The number of aldehydes is 1. The molecule has 3 atom stereocenters. The zero-order valence-electron chi connectivity index (χ0n) is 6.25. The number of hydrogen-bond acceptors (Lipinski definition) is 7. The molecule has 7 heteroatoms. The smallest absolute Gasteiger partial charge is 0.164 e. The van der Waals surface area contributed by atoms with Gasteiger partial charge in [-0.1, -0.05) is 0 Å². The van der Waals surface area contributed by atoms with Gasteiger partial charge in [0.2, 0.25) is 0 Å². The van der Waals surface area contributed by atoms with E-state index in [0.717, 1.165) is 0 Å². The second-order valence-electron chi connectivity index (χ2n) is 2.08. The van der Waals surface area contributed by atoms with Crippen molar-refractivity contribution in [3.63, 3.8) is 0 Å². The standard InChI is InChI=1S/C5H12N2O5/c6-7-12-4(2-9)5(11)3(10)1-8/h2-5,7-8,10-11H,1,6H2/t3-,4+,5-/m1/s1. The zero-order chi connectivity index (χ0) is 9.56. The highest BCUT2D eigenvalue weighted by molar-refractivity contribution is 5.57. The van der Waals surface area contributed by atoms with Gasteiger partial charge in [-0.2, -0.15) is 0 Å². The summed E-state index contributed by atoms with van der Waals surface area (Å²) in [6, 6.07) is 0. The summed E-state index contributed by atoms with van der Waals surface area (Å²) in [6.07, 6.45) is -4.00. The fourth-order valence-electron chi connectivity index (χ4n) is 0.584. The Bertz CT molecular complexity index is 133. The molecule has 0 aromatic heterocycles. The molecule has 0 aliphatic heterocycles. The average molecular weight is 180 g/mol. The number of rotatable bonds is 6. The molecular weight excluding hydrogens is 168 g/mol. The fourth-order valence-corrected chi connectivity index (χ4v) is 0.584. The number of nitrogens with two attached hydrogens (primary N) is 1. The van der Waals surface area contributed by atoms with Crippen LogP contribution in [0.1, 0.15) is 0 Å². The predicted octanol–water partition coefficient (Wildman–Crippen LogP) is -3.34. The summed E-state index contributed by atoms with van der Waals surface area (Å²) < 4.78 is 0. The number of carbonyl (C=O) groups excluding carboxylic acids is 1. The second kappa shape index (κ2) is 6.00. The van der Waals surface area contributed by atoms with Crippen LogP contribution in [-0.4, -0.2) is 46.5 Å². The van der Waals surface area contributed by atoms with Crippen molar-refractivity contribution in [2.24, 2.45) is 5.84 Å². The minimum atomic E-state index is -1.51. The highest BCUT2D eigenvalue weighted by atomic mass is 16.7. The lowest BCUT2D eigenvalue weighted by molar-refractivity contribution is -0.148. The van der Waals surface area contributed by atoms with Gasteiger partial charge in [-0.05, 0) is 0 Å². The van der Waals surface area contributed by atoms with Crippen molar-refractivity contribution in [3.8, 4) is 0 Å². The summed E-state index contributed by atoms with van der Waals surface area (Å²) in [5.41, 5.74) is 1.69. The molecule has 0 aromatic rings. The normalized spacial score (nSPS) is 18.3. The van der Waals surface area contributed by atoms with Crippen LogP contribution in [0.2, 0.25) is 0 Å². The lowest BCUT2D eigenvalue weighted by Crippen LogP contribution is -2.45. The molecule has 0 aliphatic carbocycles. The van der Waals surface area contributed by atoms with E-state index < -0.39 is 24.9 Å². The number of hydrogen-bond donors (Lipinski definition) is 5. The molecule has 0 unspecified atom stereocenters. The summed E-state index contributed by atoms with van der Waals surface area (Å²) >= 11 is 0. The summed E-state index contributed by atoms with van der Waals surface area (Å²) in [5, 5.41) is 26.3. The second-order valence-corrected chi connectivity index (χ2v) is 2.08. The molecule has 0 amide bonds. The van der Waals surface area contributed by atoms with Gasteiger partial charge in [0.1, 0.15) is 12.2 Å². The summed E-state index contributed by atoms with van der Waals surface area (Å²) in [4.78, 5) is 14.5. The first-order valence-corrected chi connectivity index (χ1v) is 3.21. The van der Waals surface area contributed by atoms with E-state index in [9.17, 15) is 4.79 Å². The third-order valence-electron chi connectivity index (χ3n) is 1.26. The minimum Gasteiger partial charge on any atom is -0.394 e. The molecule has 0 bridgehead atoms. The highest BCUT2D eigenvalue weighted by Crippen LogP contribution is 2.00. The first-order valence-electron chi connectivity index (χ1n) is 3.21. The van der Waals surface area contributed by atoms with Gasteiger partial charge in [0, 0.05) is 0 Å². The van der Waals surface area contributed by atoms with Gasteiger partial charge in [-0.3, -0.25) is 4.84 Å². The van der Waals surface area contributed by atoms with Crippen LogP contribution in [0.3, 0.4) is 0 Å². The molecule has 0 aromatic carbocycles. The first kappa shape index (κ1) is 11.4. The van der Waals surface area contributed by atoms with Crippen molar-refractivity contribution >= 4 is 6.29 Å². The van der Waals surface area contributed by atoms with Crippen LogP contribution in [0.25, 0.3) is 0 Å². The Morgan fingerprint density at radius 1 is 1.58 bits per heavy atom. The van der Waals surface area contributed by atoms with Gasteiger partial charge in [0.15, 0.2) is 12.4 Å². The molecule has 0 spiro atoms. The summed E-state index contributed by atoms with van der Waals surface area (Å²) in [5.74, 6) is 4.70. The maximum atomic E-state index is 10.2. The van der Waals surface area contributed by atoms with Crippen LogP contribution in [0, 0.1) is 0 Å². The Morgan fingerprint density at radius 3 is 2.50 bits per heavy atom. The molecule has 6 N–H and O–H groups in total. The van der Waals surface area contributed by atoms with Crippen molar-refractivity contribution in [3.05, 3.63) is 0 Å². The van der Waals surface area contributed by atoms with Crippen molar-refractivity contribution in [2.45, 2.75) is 18.3 Å². The minimum absolute atomic E-state index is 0.253. The quantitative estimate of drug-likeness (QED) is 0.164. The van der Waals surface area contributed by atoms with E-state index in [1.165, 1.54) is 0 Å². The molecule has 7 nitrogen and oxygen atoms in total. The van der Waals surface area contributed by atoms with Crippen molar-refractivity contribution in [2.75, 3.05) is 6.61 Å². The van der Waals surface area contributed by atoms with Gasteiger partial charge in [-0.25, -0.2) is 5.84 Å². The van der Waals surface area contributed by atoms with E-state index in [1.807, 2.05) is 0 Å². The molecule has 0 saturated carbocycles. The monoisotopic (exact) mass is 180 g/mol. The lowest BCUT2D eigenvalue weighted by atomic mass is 10.1. The van der Waals surface area contributed by atoms with Crippen LogP contribution in [0.4, 0.5) is 0 Å². The number of aliphatic hydroxyl groups is 3. The van der Waals surface area contributed by atoms with Crippen LogP contribution in [0.15, 0.2) is 0 Å². The van der Waals surface area contributed by atoms with E-state index in [1.54, 1.807) is 5.59 Å². The largest absolute Gasteiger partial charge is 0.394 e. The molecule has 0 saturated heterocycles. The molecule has 72 valence electrons. The van der Waals surface area contributed by atoms with Gasteiger partial charge in [-0.15, -0.1) is 5.59 Å². The van der Waals surface area contributed by atoms with E-state index in [0.29, 0.717) is 0 Å². The Balaban J connectivity index is 4.00. The van der Waals surface area contributed by atoms with Gasteiger partial charge in [0.05, 0.1) is 6.61 Å². The summed E-state index contributed by atoms with van der Waals surface area (Å²) in [6.45, 7) is -0.667. The van der Waals surface area contributed by atoms with Gasteiger partial charge in [0.25, 0.3) is 0 Å². The maximum Gasteiger partial charge on any atom is 0.164 e. The van der Waals surface area contributed by atoms with E-state index in [2.05, 4.69) is 4.84 Å². The predicted molar refractivity (Wildman–Crippen MR) is 37.4 cm³/mol. The summed E-state index contributed by atoms with van der Waals surface area (Å²) in [7, 11) is 0. The van der Waals surface area contributed by atoms with Crippen LogP contribution >= 0.6 is 0 Å². The van der Waals surface area contributed by atoms with E-state index >= 15 is 0 Å². The van der Waals surface area contributed by atoms with Crippen LogP contribution < -0.4 is 11.4 Å². The van der Waals surface area contributed by atoms with Gasteiger partial charge >= 0.3 is 0 Å². The number of nitrogens with one attached hydrogen (secondary N) is 1. The molecule has 0 rings (SSSR count). The molecule has 0 radical (unpaired) electrons. The molecule has 0 aliphatic rings. The Labute approximate surface area is 68.7 Å². The van der Waals surface area contributed by atoms with Gasteiger partial charge < -0.3 is 20.1 Å². The average Bonchev–Trinajstić information content (AvgIpc) is 2.11. The maximum absolute atomic E-state index is 10.2. The lowest BCUT2D eigenvalue weighted by Gasteiger charge is -2.20. The van der Waals surface area contributed by atoms with Crippen molar-refractivity contribution in [1.29, 1.82) is 0 Å². The Kier molecular flexibility index (Phi) is 5.72. The zero-order valence-corrected chi connectivity index (χ0v) is 6.25. The third kappa shape index (κ3) is 3.22. The number of carbonyl (C=O) groups is 1. The molecule has 12 heavy (non-hydrogen) atoms. The highest BCUT2D eigenvalue weighted by Gasteiger charge is 2.26. The first-order chi connectivity index (χ1) is 5.67. The van der Waals surface area contributed by atoms with E-state index in [-0.39, 0.29) is 6.29 Å². The third-order valence-corrected chi connectivity index (χ3v) is 1.26. The van der Waals surface area contributed by atoms with Crippen LogP contribution in [0.5, 0.6) is 0 Å².